The van der Waals surface area contributed by atoms with E-state index >= 15 is 0 Å². The molecule has 5 heteroatoms. The minimum Gasteiger partial charge on any atom is -0.393 e. The molecular weight excluding hydrogens is 260 g/mol. The van der Waals surface area contributed by atoms with Crippen molar-refractivity contribution >= 4 is 23.1 Å². The summed E-state index contributed by atoms with van der Waals surface area (Å²) in [5.74, 6) is 0.185. The minimum atomic E-state index is 0.185. The highest BCUT2D eigenvalue weighted by atomic mass is 32.1. The number of carbonyl (C=O) groups excluding carboxylic acids is 1. The molecule has 0 aliphatic rings. The summed E-state index contributed by atoms with van der Waals surface area (Å²) in [6, 6.07) is 0. The Hall–Kier alpha value is -0.680. The zero-order valence-corrected chi connectivity index (χ0v) is 13.1. The van der Waals surface area contributed by atoms with Gasteiger partial charge < -0.3 is 15.4 Å². The van der Waals surface area contributed by atoms with Crippen molar-refractivity contribution in [1.29, 1.82) is 0 Å². The molecular formula is C14H28N2O2S. The van der Waals surface area contributed by atoms with Gasteiger partial charge >= 0.3 is 0 Å². The molecule has 2 N–H and O–H groups in total. The highest BCUT2D eigenvalue weighted by Gasteiger charge is 2.12. The first-order valence-corrected chi connectivity index (χ1v) is 7.57. The van der Waals surface area contributed by atoms with Crippen molar-refractivity contribution in [3.63, 3.8) is 0 Å². The fraction of sp³-hybridized carbons (Fsp3) is 0.857. The molecule has 0 atom stereocenters. The molecule has 0 bridgehead atoms. The molecule has 0 aromatic heterocycles. The predicted octanol–water partition coefficient (Wildman–Crippen LogP) is 2.50. The molecule has 0 saturated heterocycles. The molecule has 112 valence electrons. The van der Waals surface area contributed by atoms with Crippen molar-refractivity contribution < 1.29 is 9.53 Å². The van der Waals surface area contributed by atoms with Gasteiger partial charge in [0.2, 0.25) is 5.91 Å². The van der Waals surface area contributed by atoms with Crippen LogP contribution in [-0.2, 0) is 9.53 Å². The van der Waals surface area contributed by atoms with Gasteiger partial charge in [-0.25, -0.2) is 0 Å². The summed E-state index contributed by atoms with van der Waals surface area (Å²) in [5.41, 5.74) is 5.49. The maximum atomic E-state index is 12.1. The molecule has 4 nitrogen and oxygen atoms in total. The summed E-state index contributed by atoms with van der Waals surface area (Å²) in [7, 11) is 1.64. The third kappa shape index (κ3) is 10.9. The monoisotopic (exact) mass is 288 g/mol. The Labute approximate surface area is 122 Å². The van der Waals surface area contributed by atoms with Crippen LogP contribution in [0.1, 0.15) is 51.9 Å². The van der Waals surface area contributed by atoms with E-state index in [1.54, 1.807) is 7.11 Å². The average Bonchev–Trinajstić information content (AvgIpc) is 2.38. The van der Waals surface area contributed by atoms with E-state index in [-0.39, 0.29) is 5.91 Å². The second-order valence-electron chi connectivity index (χ2n) is 4.75. The van der Waals surface area contributed by atoms with Crippen LogP contribution < -0.4 is 5.73 Å². The van der Waals surface area contributed by atoms with E-state index in [9.17, 15) is 4.79 Å². The number of amides is 1. The lowest BCUT2D eigenvalue weighted by molar-refractivity contribution is -0.131. The Bertz CT molecular complexity index is 260. The van der Waals surface area contributed by atoms with Gasteiger partial charge in [0.05, 0.1) is 11.6 Å². The fourth-order valence-electron chi connectivity index (χ4n) is 1.85. The molecule has 0 fully saturated rings. The van der Waals surface area contributed by atoms with E-state index in [2.05, 4.69) is 6.92 Å². The highest BCUT2D eigenvalue weighted by Crippen LogP contribution is 2.07. The molecule has 0 aromatic rings. The number of unbranched alkanes of at least 4 members (excludes halogenated alkanes) is 4. The number of thiocarbonyl (C=S) groups is 1. The summed E-state index contributed by atoms with van der Waals surface area (Å²) >= 11 is 4.86. The van der Waals surface area contributed by atoms with E-state index in [4.69, 9.17) is 22.7 Å². The van der Waals surface area contributed by atoms with E-state index in [0.29, 0.717) is 37.5 Å². The number of nitrogens with two attached hydrogens (primary N) is 1. The molecule has 0 aliphatic heterocycles. The quantitative estimate of drug-likeness (QED) is 0.443. The molecule has 0 spiro atoms. The SMILES string of the molecule is CCCCCCCC(=O)N(CCOC)CCC(N)=S. The Morgan fingerprint density at radius 1 is 1.16 bits per heavy atom. The van der Waals surface area contributed by atoms with Crippen molar-refractivity contribution in [2.75, 3.05) is 26.8 Å². The summed E-state index contributed by atoms with van der Waals surface area (Å²) < 4.78 is 5.03. The van der Waals surface area contributed by atoms with Crippen LogP contribution in [0.5, 0.6) is 0 Å². The van der Waals surface area contributed by atoms with Crippen LogP contribution in [0.2, 0.25) is 0 Å². The Morgan fingerprint density at radius 3 is 2.42 bits per heavy atom. The molecule has 0 unspecified atom stereocenters. The number of hydrogen-bond acceptors (Lipinski definition) is 3. The van der Waals surface area contributed by atoms with Gasteiger partial charge in [-0.2, -0.15) is 0 Å². The van der Waals surface area contributed by atoms with Crippen LogP contribution in [0.4, 0.5) is 0 Å². The normalized spacial score (nSPS) is 10.4. The van der Waals surface area contributed by atoms with Crippen LogP contribution in [0.3, 0.4) is 0 Å². The second-order valence-corrected chi connectivity index (χ2v) is 5.28. The third-order valence-corrected chi connectivity index (χ3v) is 3.24. The number of ether oxygens (including phenoxy) is 1. The van der Waals surface area contributed by atoms with Crippen molar-refractivity contribution in [2.45, 2.75) is 51.9 Å². The highest BCUT2D eigenvalue weighted by molar-refractivity contribution is 7.80. The van der Waals surface area contributed by atoms with Gasteiger partial charge in [0.15, 0.2) is 0 Å². The van der Waals surface area contributed by atoms with Crippen molar-refractivity contribution in [3.05, 3.63) is 0 Å². The predicted molar refractivity (Wildman–Crippen MR) is 83.2 cm³/mol. The van der Waals surface area contributed by atoms with Gasteiger partial charge in [0.25, 0.3) is 0 Å². The van der Waals surface area contributed by atoms with Gasteiger partial charge in [-0.15, -0.1) is 0 Å². The summed E-state index contributed by atoms with van der Waals surface area (Å²) in [4.78, 5) is 14.3. The zero-order chi connectivity index (χ0) is 14.5. The summed E-state index contributed by atoms with van der Waals surface area (Å²) in [6.45, 7) is 3.96. The first kappa shape index (κ1) is 18.3. The number of carbonyl (C=O) groups is 1. The van der Waals surface area contributed by atoms with E-state index in [1.165, 1.54) is 19.3 Å². The number of methoxy groups -OCH3 is 1. The molecule has 0 saturated carbocycles. The molecule has 1 amide bonds. The lowest BCUT2D eigenvalue weighted by Crippen LogP contribution is -2.36. The molecule has 19 heavy (non-hydrogen) atoms. The van der Waals surface area contributed by atoms with Gasteiger partial charge in [-0.1, -0.05) is 44.8 Å². The first-order chi connectivity index (χ1) is 9.11. The van der Waals surface area contributed by atoms with Gasteiger partial charge in [0, 0.05) is 33.0 Å². The molecule has 0 aliphatic carbocycles. The van der Waals surface area contributed by atoms with E-state index in [1.807, 2.05) is 4.90 Å². The van der Waals surface area contributed by atoms with Crippen molar-refractivity contribution in [2.24, 2.45) is 5.73 Å². The Morgan fingerprint density at radius 2 is 1.84 bits per heavy atom. The van der Waals surface area contributed by atoms with E-state index in [0.717, 1.165) is 12.8 Å². The van der Waals surface area contributed by atoms with Crippen LogP contribution in [0.15, 0.2) is 0 Å². The van der Waals surface area contributed by atoms with Crippen LogP contribution >= 0.6 is 12.2 Å². The fourth-order valence-corrected chi connectivity index (χ4v) is 1.94. The largest absolute Gasteiger partial charge is 0.393 e. The number of nitrogens with zero attached hydrogens (tertiary/aromatic N) is 1. The molecule has 0 aromatic carbocycles. The standard InChI is InChI=1S/C14H28N2O2S/c1-3-4-5-6-7-8-14(17)16(11-12-18-2)10-9-13(15)19/h3-12H2,1-2H3,(H2,15,19). The van der Waals surface area contributed by atoms with Crippen LogP contribution in [0, 0.1) is 0 Å². The van der Waals surface area contributed by atoms with Gasteiger partial charge in [-0.3, -0.25) is 4.79 Å². The lowest BCUT2D eigenvalue weighted by atomic mass is 10.1. The third-order valence-electron chi connectivity index (χ3n) is 3.04. The molecule has 0 rings (SSSR count). The summed E-state index contributed by atoms with van der Waals surface area (Å²) in [6.07, 6.45) is 6.99. The maximum absolute atomic E-state index is 12.1. The number of rotatable bonds is 12. The van der Waals surface area contributed by atoms with Gasteiger partial charge in [-0.05, 0) is 6.42 Å². The second kappa shape index (κ2) is 12.4. The Balaban J connectivity index is 3.95. The summed E-state index contributed by atoms with van der Waals surface area (Å²) in [5, 5.41) is 0. The minimum absolute atomic E-state index is 0.185. The zero-order valence-electron chi connectivity index (χ0n) is 12.3. The molecule has 0 heterocycles. The van der Waals surface area contributed by atoms with E-state index < -0.39 is 0 Å². The smallest absolute Gasteiger partial charge is 0.222 e. The van der Waals surface area contributed by atoms with Crippen molar-refractivity contribution in [1.82, 2.24) is 4.90 Å². The van der Waals surface area contributed by atoms with Crippen molar-refractivity contribution in [3.8, 4) is 0 Å². The molecule has 0 radical (unpaired) electrons. The van der Waals surface area contributed by atoms with Crippen LogP contribution in [-0.4, -0.2) is 42.6 Å². The number of hydrogen-bond donors (Lipinski definition) is 1. The average molecular weight is 288 g/mol. The maximum Gasteiger partial charge on any atom is 0.222 e. The topological polar surface area (TPSA) is 55.6 Å². The van der Waals surface area contributed by atoms with Crippen LogP contribution in [0.25, 0.3) is 0 Å². The van der Waals surface area contributed by atoms with Gasteiger partial charge in [0.1, 0.15) is 0 Å². The Kier molecular flexibility index (Phi) is 11.9. The lowest BCUT2D eigenvalue weighted by Gasteiger charge is -2.22. The first-order valence-electron chi connectivity index (χ1n) is 7.16.